The standard InChI is InChI=1S/C19H26N4O2S/c1-14-7-9-23(10-8-14)16(17-4-3-11-26-17)13-21-19(24)22-15-5-6-18(25-2)20-12-15/h3-6,11-12,14,16H,7-10,13H2,1-2H3,(H2,21,22,24)/t16-/m0/s1. The molecule has 26 heavy (non-hydrogen) atoms. The van der Waals surface area contributed by atoms with Crippen LogP contribution in [0.1, 0.15) is 30.7 Å². The Labute approximate surface area is 158 Å². The molecule has 0 spiro atoms. The SMILES string of the molecule is COc1ccc(NC(=O)NC[C@@H](c2cccs2)N2CCC(C)CC2)cn1. The van der Waals surface area contributed by atoms with Gasteiger partial charge in [0.1, 0.15) is 0 Å². The van der Waals surface area contributed by atoms with Crippen LogP contribution in [0, 0.1) is 5.92 Å². The van der Waals surface area contributed by atoms with Gasteiger partial charge in [-0.3, -0.25) is 4.90 Å². The minimum absolute atomic E-state index is 0.219. The Morgan fingerprint density at radius 3 is 2.81 bits per heavy atom. The lowest BCUT2D eigenvalue weighted by Crippen LogP contribution is -2.42. The number of hydrogen-bond donors (Lipinski definition) is 2. The quantitative estimate of drug-likeness (QED) is 0.808. The van der Waals surface area contributed by atoms with E-state index < -0.39 is 0 Å². The molecule has 1 aliphatic heterocycles. The summed E-state index contributed by atoms with van der Waals surface area (Å²) in [7, 11) is 1.56. The maximum absolute atomic E-state index is 12.3. The molecule has 0 saturated carbocycles. The van der Waals surface area contributed by atoms with Gasteiger partial charge in [-0.2, -0.15) is 0 Å². The minimum atomic E-state index is -0.219. The first kappa shape index (κ1) is 18.7. The molecule has 7 heteroatoms. The molecule has 2 amide bonds. The van der Waals surface area contributed by atoms with Gasteiger partial charge >= 0.3 is 6.03 Å². The van der Waals surface area contributed by atoms with E-state index in [9.17, 15) is 4.79 Å². The highest BCUT2D eigenvalue weighted by molar-refractivity contribution is 7.10. The second-order valence-electron chi connectivity index (χ2n) is 6.67. The lowest BCUT2D eigenvalue weighted by Gasteiger charge is -2.36. The maximum atomic E-state index is 12.3. The smallest absolute Gasteiger partial charge is 0.319 e. The van der Waals surface area contributed by atoms with Crippen molar-refractivity contribution >= 4 is 23.1 Å². The number of rotatable bonds is 6. The van der Waals surface area contributed by atoms with E-state index in [1.54, 1.807) is 36.8 Å². The zero-order chi connectivity index (χ0) is 18.4. The number of amides is 2. The van der Waals surface area contributed by atoms with Gasteiger partial charge in [0.05, 0.1) is 25.0 Å². The third-order valence-corrected chi connectivity index (χ3v) is 5.76. The van der Waals surface area contributed by atoms with Crippen LogP contribution in [0.2, 0.25) is 0 Å². The molecule has 3 rings (SSSR count). The summed E-state index contributed by atoms with van der Waals surface area (Å²) in [5.41, 5.74) is 0.641. The number of urea groups is 1. The zero-order valence-corrected chi connectivity index (χ0v) is 16.1. The van der Waals surface area contributed by atoms with Crippen LogP contribution in [0.4, 0.5) is 10.5 Å². The summed E-state index contributed by atoms with van der Waals surface area (Å²) in [5, 5.41) is 7.93. The summed E-state index contributed by atoms with van der Waals surface area (Å²) in [4.78, 5) is 20.2. The molecule has 1 atom stereocenters. The first-order valence-corrected chi connectivity index (χ1v) is 9.86. The number of ether oxygens (including phenoxy) is 1. The van der Waals surface area contributed by atoms with Crippen molar-refractivity contribution in [2.24, 2.45) is 5.92 Å². The first-order chi connectivity index (χ1) is 12.7. The molecule has 3 heterocycles. The molecule has 140 valence electrons. The fraction of sp³-hybridized carbons (Fsp3) is 0.474. The Hall–Kier alpha value is -2.12. The van der Waals surface area contributed by atoms with Crippen molar-refractivity contribution in [3.8, 4) is 5.88 Å². The maximum Gasteiger partial charge on any atom is 0.319 e. The number of piperidine rings is 1. The van der Waals surface area contributed by atoms with Crippen molar-refractivity contribution in [1.29, 1.82) is 0 Å². The first-order valence-electron chi connectivity index (χ1n) is 8.98. The van der Waals surface area contributed by atoms with E-state index in [0.717, 1.165) is 19.0 Å². The van der Waals surface area contributed by atoms with Crippen LogP contribution in [0.25, 0.3) is 0 Å². The molecule has 6 nitrogen and oxygen atoms in total. The van der Waals surface area contributed by atoms with Gasteiger partial charge in [-0.1, -0.05) is 13.0 Å². The number of aromatic nitrogens is 1. The topological polar surface area (TPSA) is 66.5 Å². The van der Waals surface area contributed by atoms with Crippen LogP contribution < -0.4 is 15.4 Å². The number of methoxy groups -OCH3 is 1. The molecule has 1 aliphatic rings. The van der Waals surface area contributed by atoms with Gasteiger partial charge in [0.2, 0.25) is 5.88 Å². The lowest BCUT2D eigenvalue weighted by atomic mass is 9.97. The molecular weight excluding hydrogens is 348 g/mol. The normalized spacial score (nSPS) is 16.8. The van der Waals surface area contributed by atoms with Crippen molar-refractivity contribution in [2.75, 3.05) is 32.1 Å². The molecule has 2 aromatic rings. The van der Waals surface area contributed by atoms with Crippen molar-refractivity contribution in [1.82, 2.24) is 15.2 Å². The van der Waals surface area contributed by atoms with Crippen LogP contribution in [-0.2, 0) is 0 Å². The number of carbonyl (C=O) groups is 1. The zero-order valence-electron chi connectivity index (χ0n) is 15.3. The molecule has 0 bridgehead atoms. The van der Waals surface area contributed by atoms with Gasteiger partial charge in [-0.05, 0) is 49.4 Å². The van der Waals surface area contributed by atoms with Crippen LogP contribution in [-0.4, -0.2) is 42.7 Å². The highest BCUT2D eigenvalue weighted by Gasteiger charge is 2.25. The number of nitrogens with zero attached hydrogens (tertiary/aromatic N) is 2. The Morgan fingerprint density at radius 2 is 2.19 bits per heavy atom. The Balaban J connectivity index is 1.57. The largest absolute Gasteiger partial charge is 0.481 e. The fourth-order valence-electron chi connectivity index (χ4n) is 3.17. The van der Waals surface area contributed by atoms with Gasteiger partial charge < -0.3 is 15.4 Å². The average Bonchev–Trinajstić information content (AvgIpc) is 3.18. The van der Waals surface area contributed by atoms with Gasteiger partial charge in [0.15, 0.2) is 0 Å². The molecule has 2 aromatic heterocycles. The van der Waals surface area contributed by atoms with Crippen molar-refractivity contribution < 1.29 is 9.53 Å². The third-order valence-electron chi connectivity index (χ3n) is 4.79. The molecule has 2 N–H and O–H groups in total. The van der Waals surface area contributed by atoms with Crippen LogP contribution in [0.15, 0.2) is 35.8 Å². The average molecular weight is 375 g/mol. The van der Waals surface area contributed by atoms with Crippen LogP contribution in [0.5, 0.6) is 5.88 Å². The van der Waals surface area contributed by atoms with Crippen molar-refractivity contribution in [3.63, 3.8) is 0 Å². The Morgan fingerprint density at radius 1 is 1.38 bits per heavy atom. The summed E-state index contributed by atoms with van der Waals surface area (Å²) >= 11 is 1.75. The summed E-state index contributed by atoms with van der Waals surface area (Å²) < 4.78 is 5.03. The summed E-state index contributed by atoms with van der Waals surface area (Å²) in [6.45, 7) is 5.06. The number of hydrogen-bond acceptors (Lipinski definition) is 5. The monoisotopic (exact) mass is 374 g/mol. The van der Waals surface area contributed by atoms with E-state index in [-0.39, 0.29) is 12.1 Å². The fourth-order valence-corrected chi connectivity index (χ4v) is 4.03. The number of thiophene rings is 1. The highest BCUT2D eigenvalue weighted by atomic mass is 32.1. The van der Waals surface area contributed by atoms with Gasteiger partial charge in [-0.15, -0.1) is 11.3 Å². The van der Waals surface area contributed by atoms with Gasteiger partial charge in [-0.25, -0.2) is 9.78 Å². The van der Waals surface area contributed by atoms with Crippen LogP contribution in [0.3, 0.4) is 0 Å². The van der Waals surface area contributed by atoms with E-state index in [4.69, 9.17) is 4.74 Å². The molecule has 1 fully saturated rings. The molecule has 0 aliphatic carbocycles. The molecule has 1 saturated heterocycles. The molecule has 0 unspecified atom stereocenters. The second-order valence-corrected chi connectivity index (χ2v) is 7.65. The number of likely N-dealkylation sites (tertiary alicyclic amines) is 1. The predicted molar refractivity (Wildman–Crippen MR) is 105 cm³/mol. The summed E-state index contributed by atoms with van der Waals surface area (Å²) in [6, 6.07) is 7.72. The van der Waals surface area contributed by atoms with Gasteiger partial charge in [0, 0.05) is 17.5 Å². The third kappa shape index (κ3) is 4.95. The predicted octanol–water partition coefficient (Wildman–Crippen LogP) is 3.75. The van der Waals surface area contributed by atoms with Crippen molar-refractivity contribution in [2.45, 2.75) is 25.8 Å². The second kappa shape index (κ2) is 9.00. The number of pyridine rings is 1. The summed E-state index contributed by atoms with van der Waals surface area (Å²) in [5.74, 6) is 1.31. The van der Waals surface area contributed by atoms with Crippen molar-refractivity contribution in [3.05, 3.63) is 40.7 Å². The summed E-state index contributed by atoms with van der Waals surface area (Å²) in [6.07, 6.45) is 4.01. The number of nitrogens with one attached hydrogen (secondary N) is 2. The van der Waals surface area contributed by atoms with E-state index >= 15 is 0 Å². The Bertz CT molecular complexity index is 682. The molecule has 0 aromatic carbocycles. The minimum Gasteiger partial charge on any atom is -0.481 e. The van der Waals surface area contributed by atoms with E-state index in [1.165, 1.54) is 17.7 Å². The molecular formula is C19H26N4O2S. The van der Waals surface area contributed by atoms with E-state index in [2.05, 4.69) is 45.0 Å². The molecule has 0 radical (unpaired) electrons. The number of carbonyl (C=O) groups excluding carboxylic acids is 1. The Kier molecular flexibility index (Phi) is 6.46. The van der Waals surface area contributed by atoms with Gasteiger partial charge in [0.25, 0.3) is 0 Å². The van der Waals surface area contributed by atoms with E-state index in [0.29, 0.717) is 18.1 Å². The lowest BCUT2D eigenvalue weighted by molar-refractivity contribution is 0.138. The number of anilines is 1. The van der Waals surface area contributed by atoms with E-state index in [1.807, 2.05) is 0 Å². The van der Waals surface area contributed by atoms with Crippen LogP contribution >= 0.6 is 11.3 Å². The highest BCUT2D eigenvalue weighted by Crippen LogP contribution is 2.29.